The summed E-state index contributed by atoms with van der Waals surface area (Å²) in [6, 6.07) is 9.41. The quantitative estimate of drug-likeness (QED) is 0.512. The highest BCUT2D eigenvalue weighted by Gasteiger charge is 2.12. The maximum absolute atomic E-state index is 10.7. The monoisotopic (exact) mass is 305 g/mol. The molecule has 0 heterocycles. The number of phenols is 1. The van der Waals surface area contributed by atoms with Crippen molar-refractivity contribution >= 4 is 29.2 Å². The van der Waals surface area contributed by atoms with Gasteiger partial charge in [0.1, 0.15) is 0 Å². The summed E-state index contributed by atoms with van der Waals surface area (Å²) in [6.07, 6.45) is 1.42. The second-order valence-corrected chi connectivity index (χ2v) is 4.75. The third kappa shape index (κ3) is 3.70. The molecule has 0 aliphatic heterocycles. The van der Waals surface area contributed by atoms with Gasteiger partial charge in [0.15, 0.2) is 5.75 Å². The zero-order valence-corrected chi connectivity index (χ0v) is 11.8. The van der Waals surface area contributed by atoms with Crippen molar-refractivity contribution in [1.82, 2.24) is 0 Å². The Labute approximate surface area is 125 Å². The minimum atomic E-state index is -0.653. The minimum absolute atomic E-state index is 0.364. The molecule has 0 saturated heterocycles. The standard InChI is InChI=1S/C14H12ClN3O3/c1-9-2-4-11(7-12(9)15)17-16-8-10-3-5-14(19)13(6-10)18(20)21/h2-8,17,19H,1H3/b16-8+. The van der Waals surface area contributed by atoms with E-state index >= 15 is 0 Å². The first-order chi connectivity index (χ1) is 9.97. The van der Waals surface area contributed by atoms with Gasteiger partial charge in [0, 0.05) is 16.7 Å². The van der Waals surface area contributed by atoms with Gasteiger partial charge in [-0.1, -0.05) is 17.7 Å². The van der Waals surface area contributed by atoms with Crippen LogP contribution in [0.25, 0.3) is 0 Å². The van der Waals surface area contributed by atoms with Crippen LogP contribution in [-0.4, -0.2) is 16.2 Å². The number of rotatable bonds is 4. The van der Waals surface area contributed by atoms with Gasteiger partial charge in [-0.15, -0.1) is 0 Å². The first-order valence-electron chi connectivity index (χ1n) is 6.00. The van der Waals surface area contributed by atoms with Crippen LogP contribution in [0.3, 0.4) is 0 Å². The van der Waals surface area contributed by atoms with Crippen LogP contribution in [0.2, 0.25) is 5.02 Å². The van der Waals surface area contributed by atoms with Crippen molar-refractivity contribution in [1.29, 1.82) is 0 Å². The second-order valence-electron chi connectivity index (χ2n) is 4.34. The normalized spacial score (nSPS) is 10.8. The Morgan fingerprint density at radius 1 is 1.33 bits per heavy atom. The van der Waals surface area contributed by atoms with Crippen molar-refractivity contribution < 1.29 is 10.0 Å². The van der Waals surface area contributed by atoms with Crippen molar-refractivity contribution in [2.45, 2.75) is 6.92 Å². The summed E-state index contributed by atoms with van der Waals surface area (Å²) < 4.78 is 0. The van der Waals surface area contributed by atoms with E-state index in [4.69, 9.17) is 11.6 Å². The van der Waals surface area contributed by atoms with Crippen molar-refractivity contribution in [2.24, 2.45) is 5.10 Å². The number of benzene rings is 2. The molecule has 2 aromatic rings. The van der Waals surface area contributed by atoms with Crippen molar-refractivity contribution in [2.75, 3.05) is 5.43 Å². The number of nitro groups is 1. The highest BCUT2D eigenvalue weighted by atomic mass is 35.5. The van der Waals surface area contributed by atoms with Gasteiger partial charge >= 0.3 is 5.69 Å². The van der Waals surface area contributed by atoms with Crippen LogP contribution in [-0.2, 0) is 0 Å². The van der Waals surface area contributed by atoms with Gasteiger partial charge in [-0.2, -0.15) is 5.10 Å². The van der Waals surface area contributed by atoms with Gasteiger partial charge < -0.3 is 5.11 Å². The summed E-state index contributed by atoms with van der Waals surface area (Å²) in [5.74, 6) is -0.379. The molecular weight excluding hydrogens is 294 g/mol. The molecule has 0 atom stereocenters. The molecule has 6 nitrogen and oxygen atoms in total. The predicted molar refractivity (Wildman–Crippen MR) is 82.2 cm³/mol. The molecule has 0 saturated carbocycles. The van der Waals surface area contributed by atoms with E-state index in [1.165, 1.54) is 24.4 Å². The Morgan fingerprint density at radius 2 is 2.10 bits per heavy atom. The highest BCUT2D eigenvalue weighted by molar-refractivity contribution is 6.31. The Bertz CT molecular complexity index is 717. The van der Waals surface area contributed by atoms with Gasteiger partial charge in [-0.25, -0.2) is 0 Å². The number of hydrogen-bond donors (Lipinski definition) is 2. The molecule has 2 rings (SSSR count). The summed E-state index contributed by atoms with van der Waals surface area (Å²) in [5, 5.41) is 24.7. The number of nitro benzene ring substituents is 1. The van der Waals surface area contributed by atoms with Crippen LogP contribution < -0.4 is 5.43 Å². The van der Waals surface area contributed by atoms with E-state index in [-0.39, 0.29) is 11.4 Å². The Morgan fingerprint density at radius 3 is 2.76 bits per heavy atom. The van der Waals surface area contributed by atoms with E-state index in [1.54, 1.807) is 6.07 Å². The number of anilines is 1. The molecule has 0 radical (unpaired) electrons. The second kappa shape index (κ2) is 6.23. The third-order valence-electron chi connectivity index (χ3n) is 2.78. The van der Waals surface area contributed by atoms with Crippen LogP contribution in [0, 0.1) is 17.0 Å². The highest BCUT2D eigenvalue weighted by Crippen LogP contribution is 2.25. The summed E-state index contributed by atoms with van der Waals surface area (Å²) in [5.41, 5.74) is 4.57. The summed E-state index contributed by atoms with van der Waals surface area (Å²) in [7, 11) is 0. The lowest BCUT2D eigenvalue weighted by Gasteiger charge is -2.03. The number of hydrogen-bond acceptors (Lipinski definition) is 5. The van der Waals surface area contributed by atoms with Crippen LogP contribution >= 0.6 is 11.6 Å². The van der Waals surface area contributed by atoms with Crippen molar-refractivity contribution in [3.8, 4) is 5.75 Å². The molecule has 0 fully saturated rings. The van der Waals surface area contributed by atoms with Crippen LogP contribution in [0.5, 0.6) is 5.75 Å². The molecule has 7 heteroatoms. The van der Waals surface area contributed by atoms with Gasteiger partial charge in [-0.05, 0) is 36.8 Å². The van der Waals surface area contributed by atoms with Crippen molar-refractivity contribution in [3.05, 3.63) is 62.7 Å². The molecule has 0 aliphatic rings. The lowest BCUT2D eigenvalue weighted by Crippen LogP contribution is -1.93. The van der Waals surface area contributed by atoms with Crippen LogP contribution in [0.4, 0.5) is 11.4 Å². The number of phenolic OH excluding ortho intramolecular Hbond substituents is 1. The largest absolute Gasteiger partial charge is 0.502 e. The number of halogens is 1. The van der Waals surface area contributed by atoms with Gasteiger partial charge in [0.25, 0.3) is 0 Å². The van der Waals surface area contributed by atoms with Gasteiger partial charge in [0.2, 0.25) is 0 Å². The Kier molecular flexibility index (Phi) is 4.39. The smallest absolute Gasteiger partial charge is 0.311 e. The zero-order valence-electron chi connectivity index (χ0n) is 11.1. The van der Waals surface area contributed by atoms with Crippen LogP contribution in [0.1, 0.15) is 11.1 Å². The molecule has 21 heavy (non-hydrogen) atoms. The number of nitrogens with zero attached hydrogens (tertiary/aromatic N) is 2. The molecule has 0 spiro atoms. The fraction of sp³-hybridized carbons (Fsp3) is 0.0714. The van der Waals surface area contributed by atoms with E-state index in [0.717, 1.165) is 5.56 Å². The lowest BCUT2D eigenvalue weighted by molar-refractivity contribution is -0.385. The molecule has 0 aliphatic carbocycles. The Balaban J connectivity index is 2.12. The third-order valence-corrected chi connectivity index (χ3v) is 3.18. The predicted octanol–water partition coefficient (Wildman–Crippen LogP) is 3.71. The molecule has 0 aromatic heterocycles. The average Bonchev–Trinajstić information content (AvgIpc) is 2.44. The van der Waals surface area contributed by atoms with E-state index in [1.807, 2.05) is 19.1 Å². The van der Waals surface area contributed by atoms with Crippen molar-refractivity contribution in [3.63, 3.8) is 0 Å². The average molecular weight is 306 g/mol. The van der Waals surface area contributed by atoms with Crippen LogP contribution in [0.15, 0.2) is 41.5 Å². The number of aryl methyl sites for hydroxylation is 1. The molecule has 0 unspecified atom stereocenters. The van der Waals surface area contributed by atoms with E-state index in [9.17, 15) is 15.2 Å². The number of hydrazone groups is 1. The summed E-state index contributed by atoms with van der Waals surface area (Å²) in [4.78, 5) is 10.1. The maximum Gasteiger partial charge on any atom is 0.311 e. The molecule has 0 amide bonds. The lowest BCUT2D eigenvalue weighted by atomic mass is 10.2. The molecule has 108 valence electrons. The fourth-order valence-electron chi connectivity index (χ4n) is 1.61. The van der Waals surface area contributed by atoms with E-state index in [0.29, 0.717) is 16.3 Å². The number of nitrogens with one attached hydrogen (secondary N) is 1. The molecule has 2 N–H and O–H groups in total. The topological polar surface area (TPSA) is 87.8 Å². The summed E-state index contributed by atoms with van der Waals surface area (Å²) in [6.45, 7) is 1.89. The first-order valence-corrected chi connectivity index (χ1v) is 6.38. The first kappa shape index (κ1) is 14.8. The SMILES string of the molecule is Cc1ccc(N/N=C/c2ccc(O)c([N+](=O)[O-])c2)cc1Cl. The molecule has 0 bridgehead atoms. The zero-order chi connectivity index (χ0) is 15.4. The summed E-state index contributed by atoms with van der Waals surface area (Å²) >= 11 is 5.99. The Hall–Kier alpha value is -2.60. The fourth-order valence-corrected chi connectivity index (χ4v) is 1.79. The van der Waals surface area contributed by atoms with Gasteiger partial charge in [0.05, 0.1) is 16.8 Å². The molecule has 2 aromatic carbocycles. The minimum Gasteiger partial charge on any atom is -0.502 e. The molecular formula is C14H12ClN3O3. The number of aromatic hydroxyl groups is 1. The maximum atomic E-state index is 10.7. The van der Waals surface area contributed by atoms with E-state index < -0.39 is 4.92 Å². The van der Waals surface area contributed by atoms with E-state index in [2.05, 4.69) is 10.5 Å². The van der Waals surface area contributed by atoms with Gasteiger partial charge in [-0.3, -0.25) is 15.5 Å².